The lowest BCUT2D eigenvalue weighted by atomic mass is 10.1. The van der Waals surface area contributed by atoms with E-state index >= 15 is 0 Å². The first-order valence-electron chi connectivity index (χ1n) is 8.37. The number of carbonyl (C=O) groups is 1. The van der Waals surface area contributed by atoms with Crippen LogP contribution in [0.3, 0.4) is 0 Å². The number of aryl methyl sites for hydroxylation is 1. The summed E-state index contributed by atoms with van der Waals surface area (Å²) in [5.41, 5.74) is 1.00. The second kappa shape index (κ2) is 6.05. The molecule has 3 heterocycles. The molecule has 0 aliphatic heterocycles. The Hall–Kier alpha value is -3.03. The van der Waals surface area contributed by atoms with Crippen LogP contribution in [0.5, 0.6) is 0 Å². The highest BCUT2D eigenvalue weighted by Gasteiger charge is 2.38. The molecule has 0 unspecified atom stereocenters. The minimum Gasteiger partial charge on any atom is -0.442 e. The summed E-state index contributed by atoms with van der Waals surface area (Å²) in [5.74, 6) is 0.0374. The summed E-state index contributed by atoms with van der Waals surface area (Å²) in [5, 5.41) is 6.63. The number of aromatic nitrogens is 3. The fourth-order valence-corrected chi connectivity index (χ4v) is 2.83. The van der Waals surface area contributed by atoms with Gasteiger partial charge in [-0.3, -0.25) is 4.79 Å². The van der Waals surface area contributed by atoms with Gasteiger partial charge in [0.15, 0.2) is 0 Å². The molecule has 1 aliphatic rings. The molecule has 8 heteroatoms. The highest BCUT2D eigenvalue weighted by atomic mass is 19.1. The lowest BCUT2D eigenvalue weighted by Crippen LogP contribution is -2.24. The average molecular weight is 355 g/mol. The zero-order valence-electron chi connectivity index (χ0n) is 14.5. The summed E-state index contributed by atoms with van der Waals surface area (Å²) in [6.07, 6.45) is 4.85. The van der Waals surface area contributed by atoms with E-state index in [-0.39, 0.29) is 18.0 Å². The monoisotopic (exact) mass is 355 g/mol. The molecule has 0 bridgehead atoms. The van der Waals surface area contributed by atoms with Crippen LogP contribution < -0.4 is 10.6 Å². The van der Waals surface area contributed by atoms with Crippen LogP contribution in [0.15, 0.2) is 29.1 Å². The van der Waals surface area contributed by atoms with Gasteiger partial charge in [0, 0.05) is 23.8 Å². The summed E-state index contributed by atoms with van der Waals surface area (Å²) in [6, 6.07) is 3.20. The molecule has 1 saturated carbocycles. The number of pyridine rings is 1. The van der Waals surface area contributed by atoms with Crippen LogP contribution in [0.1, 0.15) is 41.4 Å². The molecule has 0 saturated heterocycles. The number of hydrogen-bond donors (Lipinski definition) is 2. The van der Waals surface area contributed by atoms with Gasteiger partial charge < -0.3 is 15.1 Å². The molecule has 1 amide bonds. The molecule has 4 rings (SSSR count). The Bertz CT molecular complexity index is 996. The number of nitrogens with zero attached hydrogens (tertiary/aromatic N) is 3. The van der Waals surface area contributed by atoms with Gasteiger partial charge in [0.05, 0.1) is 10.9 Å². The lowest BCUT2D eigenvalue weighted by Gasteiger charge is -2.13. The smallest absolute Gasteiger partial charge is 0.255 e. The summed E-state index contributed by atoms with van der Waals surface area (Å²) in [4.78, 5) is 24.8. The van der Waals surface area contributed by atoms with E-state index in [1.165, 1.54) is 12.5 Å². The minimum absolute atomic E-state index is 0.0148. The van der Waals surface area contributed by atoms with Gasteiger partial charge in [0.1, 0.15) is 17.9 Å². The highest BCUT2D eigenvalue weighted by molar-refractivity contribution is 6.10. The molecular weight excluding hydrogens is 337 g/mol. The predicted octanol–water partition coefficient (Wildman–Crippen LogP) is 2.96. The van der Waals surface area contributed by atoms with Gasteiger partial charge in [-0.15, -0.1) is 0 Å². The Kier molecular flexibility index (Phi) is 3.82. The van der Waals surface area contributed by atoms with E-state index in [9.17, 15) is 9.18 Å². The molecule has 26 heavy (non-hydrogen) atoms. The van der Waals surface area contributed by atoms with Crippen molar-refractivity contribution in [2.45, 2.75) is 38.8 Å². The molecule has 0 aromatic carbocycles. The van der Waals surface area contributed by atoms with Crippen LogP contribution in [0.25, 0.3) is 11.1 Å². The third kappa shape index (κ3) is 2.98. The summed E-state index contributed by atoms with van der Waals surface area (Å²) < 4.78 is 19.3. The number of hydrogen-bond acceptors (Lipinski definition) is 6. The number of nitrogens with one attached hydrogen (secondary N) is 2. The van der Waals surface area contributed by atoms with Gasteiger partial charge >= 0.3 is 0 Å². The quantitative estimate of drug-likeness (QED) is 0.684. The van der Waals surface area contributed by atoms with Crippen LogP contribution in [0.2, 0.25) is 0 Å². The van der Waals surface area contributed by atoms with E-state index in [2.05, 4.69) is 32.5 Å². The summed E-state index contributed by atoms with van der Waals surface area (Å²) >= 11 is 0. The third-order valence-corrected chi connectivity index (χ3v) is 4.59. The molecule has 7 nitrogen and oxygen atoms in total. The Morgan fingerprint density at radius 3 is 2.88 bits per heavy atom. The van der Waals surface area contributed by atoms with Crippen molar-refractivity contribution in [1.29, 1.82) is 0 Å². The molecule has 3 aromatic heterocycles. The Balaban J connectivity index is 1.65. The number of carbonyl (C=O) groups excluding carboxylic acids is 1. The number of halogens is 1. The van der Waals surface area contributed by atoms with Gasteiger partial charge in [0.2, 0.25) is 11.7 Å². The molecule has 0 spiro atoms. The number of amides is 1. The van der Waals surface area contributed by atoms with Crippen LogP contribution >= 0.6 is 0 Å². The van der Waals surface area contributed by atoms with Gasteiger partial charge in [-0.05, 0) is 32.8 Å². The van der Waals surface area contributed by atoms with E-state index in [1.54, 1.807) is 19.1 Å². The van der Waals surface area contributed by atoms with E-state index in [1.807, 2.05) is 0 Å². The topological polar surface area (TPSA) is 92.9 Å². The number of fused-ring (bicyclic) bond motifs is 1. The van der Waals surface area contributed by atoms with E-state index in [0.29, 0.717) is 33.8 Å². The molecular formula is C18H18FN5O2. The largest absolute Gasteiger partial charge is 0.442 e. The normalized spacial score (nSPS) is 15.0. The van der Waals surface area contributed by atoms with Crippen LogP contribution in [0, 0.1) is 12.9 Å². The number of rotatable bonds is 5. The maximum Gasteiger partial charge on any atom is 0.255 e. The fraction of sp³-hybridized carbons (Fsp3) is 0.333. The van der Waals surface area contributed by atoms with Gasteiger partial charge in [-0.25, -0.2) is 15.0 Å². The zero-order chi connectivity index (χ0) is 18.3. The average Bonchev–Trinajstić information content (AvgIpc) is 3.22. The van der Waals surface area contributed by atoms with Crippen molar-refractivity contribution in [1.82, 2.24) is 20.3 Å². The second-order valence-electron chi connectivity index (χ2n) is 6.76. The summed E-state index contributed by atoms with van der Waals surface area (Å²) in [6.45, 7) is 3.82. The Morgan fingerprint density at radius 2 is 2.15 bits per heavy atom. The van der Waals surface area contributed by atoms with Crippen molar-refractivity contribution >= 4 is 22.8 Å². The standard InChI is InChI=1S/C18H18FN5O2/c1-10-12(16(25)21-8-11-4-3-7-20-14(11)19)13-15(24-18(2)5-6-18)22-9-23-17(13)26-10/h3-4,7,9H,5-6,8H2,1-2H3,(H,21,25)(H,22,23,24). The van der Waals surface area contributed by atoms with Crippen LogP contribution in [0.4, 0.5) is 10.2 Å². The third-order valence-electron chi connectivity index (χ3n) is 4.59. The molecule has 1 fully saturated rings. The van der Waals surface area contributed by atoms with Crippen molar-refractivity contribution in [2.75, 3.05) is 5.32 Å². The summed E-state index contributed by atoms with van der Waals surface area (Å²) in [7, 11) is 0. The first kappa shape index (κ1) is 16.4. The molecule has 1 aliphatic carbocycles. The zero-order valence-corrected chi connectivity index (χ0v) is 14.5. The van der Waals surface area contributed by atoms with E-state index in [4.69, 9.17) is 4.42 Å². The maximum absolute atomic E-state index is 13.7. The fourth-order valence-electron chi connectivity index (χ4n) is 2.83. The molecule has 2 N–H and O–H groups in total. The molecule has 0 atom stereocenters. The number of anilines is 1. The first-order valence-corrected chi connectivity index (χ1v) is 8.37. The highest BCUT2D eigenvalue weighted by Crippen LogP contribution is 2.40. The van der Waals surface area contributed by atoms with Crippen molar-refractivity contribution in [2.24, 2.45) is 0 Å². The van der Waals surface area contributed by atoms with Crippen molar-refractivity contribution < 1.29 is 13.6 Å². The maximum atomic E-state index is 13.7. The van der Waals surface area contributed by atoms with Crippen molar-refractivity contribution in [3.63, 3.8) is 0 Å². The van der Waals surface area contributed by atoms with Crippen LogP contribution in [-0.4, -0.2) is 26.4 Å². The molecule has 0 radical (unpaired) electrons. The van der Waals surface area contributed by atoms with Gasteiger partial charge in [-0.1, -0.05) is 6.07 Å². The van der Waals surface area contributed by atoms with Crippen molar-refractivity contribution in [3.8, 4) is 0 Å². The van der Waals surface area contributed by atoms with Gasteiger partial charge in [0.25, 0.3) is 5.91 Å². The first-order chi connectivity index (χ1) is 12.5. The minimum atomic E-state index is -0.603. The SMILES string of the molecule is Cc1oc2ncnc(NC3(C)CC3)c2c1C(=O)NCc1cccnc1F. The van der Waals surface area contributed by atoms with Crippen LogP contribution in [-0.2, 0) is 6.54 Å². The molecule has 3 aromatic rings. The number of furan rings is 1. The van der Waals surface area contributed by atoms with Crippen molar-refractivity contribution in [3.05, 3.63) is 47.5 Å². The second-order valence-corrected chi connectivity index (χ2v) is 6.76. The Labute approximate surface area is 149 Å². The predicted molar refractivity (Wildman–Crippen MR) is 93.2 cm³/mol. The lowest BCUT2D eigenvalue weighted by molar-refractivity contribution is 0.0950. The molecule has 134 valence electrons. The van der Waals surface area contributed by atoms with E-state index < -0.39 is 5.95 Å². The van der Waals surface area contributed by atoms with Gasteiger partial charge in [-0.2, -0.15) is 4.39 Å². The Morgan fingerprint density at radius 1 is 1.35 bits per heavy atom. The van der Waals surface area contributed by atoms with E-state index in [0.717, 1.165) is 12.8 Å².